The van der Waals surface area contributed by atoms with E-state index in [2.05, 4.69) is 20.4 Å². The predicted octanol–water partition coefficient (Wildman–Crippen LogP) is 4.13. The van der Waals surface area contributed by atoms with Crippen molar-refractivity contribution in [3.05, 3.63) is 12.2 Å². The summed E-state index contributed by atoms with van der Waals surface area (Å²) in [5.74, 6) is 1.38. The maximum Gasteiger partial charge on any atom is 0.126 e. The summed E-state index contributed by atoms with van der Waals surface area (Å²) in [4.78, 5) is 12.4. The predicted molar refractivity (Wildman–Crippen MR) is 87.3 cm³/mol. The molecule has 0 aromatic carbocycles. The van der Waals surface area contributed by atoms with E-state index in [4.69, 9.17) is 0 Å². The molecular weight excluding hydrogens is 272 g/mol. The van der Waals surface area contributed by atoms with Crippen LogP contribution < -0.4 is 0 Å². The van der Waals surface area contributed by atoms with E-state index >= 15 is 0 Å². The molecule has 0 aliphatic heterocycles. The largest absolute Gasteiger partial charge is 0.388 e. The second kappa shape index (κ2) is 4.47. The molecule has 6 atom stereocenters. The molecule has 22 heavy (non-hydrogen) atoms. The van der Waals surface area contributed by atoms with Crippen LogP contribution in [0.15, 0.2) is 12.2 Å². The molecule has 2 bridgehead atoms. The summed E-state index contributed by atoms with van der Waals surface area (Å²) in [5, 5.41) is 11.0. The Morgan fingerprint density at radius 1 is 1.14 bits per heavy atom. The standard InChI is InChI=1S/C20H30O2/c1-13-14-5-6-16-19(11-14,17(13)22)10-7-15-18(2,3)8-4-9-20(15,16)12-21/h12,14-17,22H,1,4-11H2,2-3H3/t14-,15-,16-,17+,19-,20+/m1/s1. The lowest BCUT2D eigenvalue weighted by Gasteiger charge is -2.63. The van der Waals surface area contributed by atoms with Crippen LogP contribution in [0.4, 0.5) is 0 Å². The molecule has 1 spiro atoms. The number of rotatable bonds is 1. The molecule has 0 amide bonds. The average molecular weight is 302 g/mol. The van der Waals surface area contributed by atoms with Crippen LogP contribution in [0.25, 0.3) is 0 Å². The monoisotopic (exact) mass is 302 g/mol. The molecule has 4 aliphatic carbocycles. The van der Waals surface area contributed by atoms with Gasteiger partial charge in [0.25, 0.3) is 0 Å². The van der Waals surface area contributed by atoms with Crippen molar-refractivity contribution < 1.29 is 9.90 Å². The van der Waals surface area contributed by atoms with Crippen LogP contribution in [0, 0.1) is 34.0 Å². The van der Waals surface area contributed by atoms with Crippen molar-refractivity contribution in [2.75, 3.05) is 0 Å². The third-order valence-corrected chi connectivity index (χ3v) is 8.33. The fourth-order valence-corrected chi connectivity index (χ4v) is 7.43. The molecule has 0 radical (unpaired) electrons. The summed E-state index contributed by atoms with van der Waals surface area (Å²) in [5.41, 5.74) is 1.11. The van der Waals surface area contributed by atoms with Gasteiger partial charge in [-0.1, -0.05) is 26.8 Å². The summed E-state index contributed by atoms with van der Waals surface area (Å²) in [7, 11) is 0. The van der Waals surface area contributed by atoms with E-state index in [1.54, 1.807) is 0 Å². The van der Waals surface area contributed by atoms with Crippen LogP contribution in [0.5, 0.6) is 0 Å². The number of aliphatic hydroxyl groups excluding tert-OH is 1. The molecule has 0 unspecified atom stereocenters. The van der Waals surface area contributed by atoms with E-state index in [0.29, 0.717) is 17.8 Å². The Hall–Kier alpha value is -0.630. The number of aliphatic hydroxyl groups is 1. The molecule has 122 valence electrons. The van der Waals surface area contributed by atoms with Gasteiger partial charge in [0.05, 0.1) is 6.10 Å². The van der Waals surface area contributed by atoms with Crippen LogP contribution in [-0.2, 0) is 4.79 Å². The van der Waals surface area contributed by atoms with Gasteiger partial charge in [-0.3, -0.25) is 0 Å². The van der Waals surface area contributed by atoms with Gasteiger partial charge < -0.3 is 9.90 Å². The lowest BCUT2D eigenvalue weighted by Crippen LogP contribution is -2.60. The van der Waals surface area contributed by atoms with Crippen molar-refractivity contribution in [3.8, 4) is 0 Å². The smallest absolute Gasteiger partial charge is 0.126 e. The lowest BCUT2D eigenvalue weighted by atomic mass is 9.41. The van der Waals surface area contributed by atoms with Gasteiger partial charge in [0, 0.05) is 10.8 Å². The van der Waals surface area contributed by atoms with Gasteiger partial charge in [-0.15, -0.1) is 0 Å². The summed E-state index contributed by atoms with van der Waals surface area (Å²) >= 11 is 0. The van der Waals surface area contributed by atoms with Crippen molar-refractivity contribution in [1.29, 1.82) is 0 Å². The van der Waals surface area contributed by atoms with Gasteiger partial charge in [-0.05, 0) is 73.7 Å². The molecule has 0 aromatic rings. The highest BCUT2D eigenvalue weighted by Gasteiger charge is 2.67. The summed E-state index contributed by atoms with van der Waals surface area (Å²) in [6.07, 6.45) is 9.95. The minimum Gasteiger partial charge on any atom is -0.388 e. The van der Waals surface area contributed by atoms with Gasteiger partial charge in [-0.25, -0.2) is 0 Å². The summed E-state index contributed by atoms with van der Waals surface area (Å²) in [6.45, 7) is 8.93. The zero-order valence-electron chi connectivity index (χ0n) is 14.1. The molecule has 4 aliphatic rings. The Morgan fingerprint density at radius 3 is 2.64 bits per heavy atom. The highest BCUT2D eigenvalue weighted by Crippen LogP contribution is 2.71. The van der Waals surface area contributed by atoms with Gasteiger partial charge in [0.2, 0.25) is 0 Å². The van der Waals surface area contributed by atoms with Gasteiger partial charge in [-0.2, -0.15) is 0 Å². The van der Waals surface area contributed by atoms with E-state index in [-0.39, 0.29) is 22.3 Å². The third-order valence-electron chi connectivity index (χ3n) is 8.33. The minimum atomic E-state index is -0.368. The molecule has 4 fully saturated rings. The van der Waals surface area contributed by atoms with Gasteiger partial charge in [0.1, 0.15) is 6.29 Å². The second-order valence-electron chi connectivity index (χ2n) is 9.41. The number of carbonyl (C=O) groups is 1. The maximum atomic E-state index is 12.4. The SMILES string of the molecule is C=C1[C@@H]2CC[C@H]3[C@]4(C=O)CCCC(C)(C)[C@H]4CC[C@]3(C2)[C@H]1O. The van der Waals surface area contributed by atoms with Crippen molar-refractivity contribution in [1.82, 2.24) is 0 Å². The Labute approximate surface area is 134 Å². The molecule has 4 rings (SSSR count). The molecular formula is C20H30O2. The number of hydrogen-bond donors (Lipinski definition) is 1. The second-order valence-corrected chi connectivity index (χ2v) is 9.41. The van der Waals surface area contributed by atoms with Gasteiger partial charge in [0.15, 0.2) is 0 Å². The van der Waals surface area contributed by atoms with Crippen LogP contribution >= 0.6 is 0 Å². The zero-order chi connectivity index (χ0) is 15.8. The normalized spacial score (nSPS) is 52.8. The number of hydrogen-bond acceptors (Lipinski definition) is 2. The third kappa shape index (κ3) is 1.58. The first-order chi connectivity index (χ1) is 10.4. The highest BCUT2D eigenvalue weighted by molar-refractivity contribution is 5.62. The lowest BCUT2D eigenvalue weighted by molar-refractivity contribution is -0.176. The molecule has 4 saturated carbocycles. The number of aldehydes is 1. The van der Waals surface area contributed by atoms with Crippen LogP contribution in [0.2, 0.25) is 0 Å². The quantitative estimate of drug-likeness (QED) is 0.584. The summed E-state index contributed by atoms with van der Waals surface area (Å²) in [6, 6.07) is 0. The average Bonchev–Trinajstić information content (AvgIpc) is 2.67. The van der Waals surface area contributed by atoms with E-state index in [1.165, 1.54) is 12.7 Å². The summed E-state index contributed by atoms with van der Waals surface area (Å²) < 4.78 is 0. The van der Waals surface area contributed by atoms with Crippen LogP contribution in [0.3, 0.4) is 0 Å². The highest BCUT2D eigenvalue weighted by atomic mass is 16.3. The molecule has 2 heteroatoms. The van der Waals surface area contributed by atoms with Crippen molar-refractivity contribution in [2.45, 2.75) is 71.3 Å². The molecule has 1 N–H and O–H groups in total. The molecule has 0 aromatic heterocycles. The van der Waals surface area contributed by atoms with Crippen molar-refractivity contribution in [3.63, 3.8) is 0 Å². The van der Waals surface area contributed by atoms with Crippen LogP contribution in [-0.4, -0.2) is 17.5 Å². The van der Waals surface area contributed by atoms with E-state index in [0.717, 1.165) is 50.5 Å². The topological polar surface area (TPSA) is 37.3 Å². The number of fused-ring (bicyclic) bond motifs is 3. The first kappa shape index (κ1) is 14.9. The fourth-order valence-electron chi connectivity index (χ4n) is 7.43. The van der Waals surface area contributed by atoms with E-state index < -0.39 is 0 Å². The molecule has 0 heterocycles. The zero-order valence-corrected chi connectivity index (χ0v) is 14.1. The Balaban J connectivity index is 1.82. The van der Waals surface area contributed by atoms with Gasteiger partial charge >= 0.3 is 0 Å². The Kier molecular flexibility index (Phi) is 3.03. The van der Waals surface area contributed by atoms with E-state index in [1.807, 2.05) is 0 Å². The Morgan fingerprint density at radius 2 is 1.91 bits per heavy atom. The fraction of sp³-hybridized carbons (Fsp3) is 0.850. The van der Waals surface area contributed by atoms with E-state index in [9.17, 15) is 9.90 Å². The number of carbonyl (C=O) groups excluding carboxylic acids is 1. The first-order valence-electron chi connectivity index (χ1n) is 9.20. The maximum absolute atomic E-state index is 12.4. The molecule has 0 saturated heterocycles. The molecule has 2 nitrogen and oxygen atoms in total. The van der Waals surface area contributed by atoms with Crippen LogP contribution in [0.1, 0.15) is 65.2 Å². The minimum absolute atomic E-state index is 0.0369. The van der Waals surface area contributed by atoms with Crippen molar-refractivity contribution >= 4 is 6.29 Å². The Bertz CT molecular complexity index is 522. The first-order valence-corrected chi connectivity index (χ1v) is 9.20. The van der Waals surface area contributed by atoms with Crippen molar-refractivity contribution in [2.24, 2.45) is 34.0 Å².